The largest absolute Gasteiger partial charge is 0.573 e. The highest BCUT2D eigenvalue weighted by Crippen LogP contribution is 2.31. The van der Waals surface area contributed by atoms with Gasteiger partial charge in [0.05, 0.1) is 0 Å². The van der Waals surface area contributed by atoms with Crippen LogP contribution in [0.1, 0.15) is 5.56 Å². The van der Waals surface area contributed by atoms with E-state index in [0.29, 0.717) is 5.56 Å². The Labute approximate surface area is 106 Å². The average Bonchev–Trinajstić information content (AvgIpc) is 2.81. The van der Waals surface area contributed by atoms with Crippen molar-refractivity contribution < 1.29 is 17.9 Å². The maximum Gasteiger partial charge on any atom is 0.573 e. The van der Waals surface area contributed by atoms with Crippen LogP contribution in [0.2, 0.25) is 0 Å². The van der Waals surface area contributed by atoms with Crippen molar-refractivity contribution >= 4 is 17.4 Å². The van der Waals surface area contributed by atoms with E-state index in [1.54, 1.807) is 12.1 Å². The second-order valence-corrected chi connectivity index (χ2v) is 4.30. The highest BCUT2D eigenvalue weighted by molar-refractivity contribution is 7.08. The minimum absolute atomic E-state index is 0.239. The molecule has 1 heterocycles. The van der Waals surface area contributed by atoms with Crippen LogP contribution in [0.3, 0.4) is 0 Å². The lowest BCUT2D eigenvalue weighted by Gasteiger charge is -2.12. The second kappa shape index (κ2) is 4.86. The van der Waals surface area contributed by atoms with Crippen LogP contribution in [0.25, 0.3) is 17.2 Å². The Hall–Kier alpha value is -1.75. The Balaban J connectivity index is 2.38. The summed E-state index contributed by atoms with van der Waals surface area (Å²) >= 11 is 1.53. The third kappa shape index (κ3) is 2.92. The lowest BCUT2D eigenvalue weighted by Crippen LogP contribution is -2.17. The molecule has 1 aromatic heterocycles. The van der Waals surface area contributed by atoms with Gasteiger partial charge in [0.1, 0.15) is 5.75 Å². The van der Waals surface area contributed by atoms with E-state index < -0.39 is 6.36 Å². The van der Waals surface area contributed by atoms with E-state index in [4.69, 9.17) is 0 Å². The van der Waals surface area contributed by atoms with Gasteiger partial charge in [0.15, 0.2) is 0 Å². The number of thiophene rings is 1. The Morgan fingerprint density at radius 1 is 1.17 bits per heavy atom. The summed E-state index contributed by atoms with van der Waals surface area (Å²) in [5, 5.41) is 3.83. The smallest absolute Gasteiger partial charge is 0.405 e. The van der Waals surface area contributed by atoms with Gasteiger partial charge >= 0.3 is 6.36 Å². The highest BCUT2D eigenvalue weighted by atomic mass is 32.1. The molecule has 1 nitrogen and oxygen atoms in total. The number of alkyl halides is 3. The summed E-state index contributed by atoms with van der Waals surface area (Å²) in [4.78, 5) is 0. The lowest BCUT2D eigenvalue weighted by atomic mass is 10.1. The summed E-state index contributed by atoms with van der Waals surface area (Å²) in [5.41, 5.74) is 2.11. The van der Waals surface area contributed by atoms with E-state index in [-0.39, 0.29) is 5.75 Å². The molecule has 0 aliphatic heterocycles. The van der Waals surface area contributed by atoms with Crippen LogP contribution in [0.5, 0.6) is 5.75 Å². The van der Waals surface area contributed by atoms with Crippen molar-refractivity contribution in [2.24, 2.45) is 0 Å². The lowest BCUT2D eigenvalue weighted by molar-refractivity contribution is -0.274. The molecule has 0 saturated carbocycles. The van der Waals surface area contributed by atoms with Gasteiger partial charge < -0.3 is 4.74 Å². The first kappa shape index (κ1) is 12.7. The van der Waals surface area contributed by atoms with Gasteiger partial charge in [-0.25, -0.2) is 0 Å². The first-order valence-corrected chi connectivity index (χ1v) is 5.99. The van der Waals surface area contributed by atoms with Crippen molar-refractivity contribution in [2.45, 2.75) is 6.36 Å². The zero-order valence-corrected chi connectivity index (χ0v) is 10.0. The number of hydrogen-bond donors (Lipinski definition) is 0. The summed E-state index contributed by atoms with van der Waals surface area (Å²) in [6, 6.07) is 6.42. The summed E-state index contributed by atoms with van der Waals surface area (Å²) in [7, 11) is 0. The molecule has 0 atom stereocenters. The topological polar surface area (TPSA) is 9.23 Å². The molecule has 0 saturated heterocycles. The van der Waals surface area contributed by atoms with E-state index in [2.05, 4.69) is 11.3 Å². The van der Waals surface area contributed by atoms with Gasteiger partial charge in [0.25, 0.3) is 0 Å². The summed E-state index contributed by atoms with van der Waals surface area (Å²) in [6.07, 6.45) is -3.35. The van der Waals surface area contributed by atoms with Crippen LogP contribution in [0, 0.1) is 0 Å². The first-order valence-electron chi connectivity index (χ1n) is 5.04. The number of ether oxygens (including phenoxy) is 1. The fourth-order valence-electron chi connectivity index (χ4n) is 1.53. The molecular weight excluding hydrogens is 261 g/mol. The van der Waals surface area contributed by atoms with Gasteiger partial charge in [-0.1, -0.05) is 18.7 Å². The zero-order valence-electron chi connectivity index (χ0n) is 9.20. The second-order valence-electron chi connectivity index (χ2n) is 3.52. The zero-order chi connectivity index (χ0) is 13.2. The summed E-state index contributed by atoms with van der Waals surface area (Å²) < 4.78 is 40.5. The minimum Gasteiger partial charge on any atom is -0.405 e. The maximum absolute atomic E-state index is 12.2. The Kier molecular flexibility index (Phi) is 3.43. The van der Waals surface area contributed by atoms with Crippen molar-refractivity contribution in [2.75, 3.05) is 0 Å². The highest BCUT2D eigenvalue weighted by Gasteiger charge is 2.31. The van der Waals surface area contributed by atoms with Crippen molar-refractivity contribution in [1.82, 2.24) is 0 Å². The van der Waals surface area contributed by atoms with Crippen molar-refractivity contribution in [1.29, 1.82) is 0 Å². The molecule has 1 aromatic carbocycles. The molecule has 0 aliphatic rings. The molecule has 2 aromatic rings. The van der Waals surface area contributed by atoms with Gasteiger partial charge in [-0.3, -0.25) is 0 Å². The quantitative estimate of drug-likeness (QED) is 0.766. The number of halogens is 3. The molecule has 0 N–H and O–H groups in total. The number of benzene rings is 1. The van der Waals surface area contributed by atoms with E-state index >= 15 is 0 Å². The third-order valence-electron chi connectivity index (χ3n) is 2.31. The Morgan fingerprint density at radius 3 is 2.50 bits per heavy atom. The molecule has 0 unspecified atom stereocenters. The fourth-order valence-corrected chi connectivity index (χ4v) is 2.20. The van der Waals surface area contributed by atoms with Gasteiger partial charge in [-0.05, 0) is 40.1 Å². The molecule has 0 aliphatic carbocycles. The monoisotopic (exact) mass is 270 g/mol. The molecule has 0 fully saturated rings. The van der Waals surface area contributed by atoms with Crippen LogP contribution in [-0.2, 0) is 0 Å². The number of rotatable bonds is 3. The number of hydrogen-bond acceptors (Lipinski definition) is 2. The van der Waals surface area contributed by atoms with Crippen molar-refractivity contribution in [3.63, 3.8) is 0 Å². The van der Waals surface area contributed by atoms with Gasteiger partial charge in [0, 0.05) is 5.56 Å². The average molecular weight is 270 g/mol. The molecule has 18 heavy (non-hydrogen) atoms. The molecule has 0 radical (unpaired) electrons. The molecular formula is C13H9F3OS. The molecule has 2 rings (SSSR count). The normalized spacial score (nSPS) is 11.3. The van der Waals surface area contributed by atoms with E-state index in [0.717, 1.165) is 11.1 Å². The fraction of sp³-hybridized carbons (Fsp3) is 0.0769. The summed E-state index contributed by atoms with van der Waals surface area (Å²) in [5.74, 6) is -0.239. The van der Waals surface area contributed by atoms with Crippen molar-refractivity contribution in [3.05, 3.63) is 47.2 Å². The van der Waals surface area contributed by atoms with Crippen LogP contribution in [-0.4, -0.2) is 6.36 Å². The van der Waals surface area contributed by atoms with E-state index in [1.165, 1.54) is 23.5 Å². The predicted molar refractivity (Wildman–Crippen MR) is 66.5 cm³/mol. The van der Waals surface area contributed by atoms with Crippen LogP contribution >= 0.6 is 11.3 Å². The molecule has 94 valence electrons. The van der Waals surface area contributed by atoms with Gasteiger partial charge in [-0.2, -0.15) is 11.3 Å². The molecule has 0 spiro atoms. The van der Waals surface area contributed by atoms with E-state index in [9.17, 15) is 13.2 Å². The SMILES string of the molecule is C=Cc1cc(-c2ccsc2)ccc1OC(F)(F)F. The Morgan fingerprint density at radius 2 is 1.94 bits per heavy atom. The summed E-state index contributed by atoms with van der Waals surface area (Å²) in [6.45, 7) is 3.50. The van der Waals surface area contributed by atoms with Gasteiger partial charge in [0.2, 0.25) is 0 Å². The molecule has 0 bridgehead atoms. The predicted octanol–water partition coefficient (Wildman–Crippen LogP) is 4.96. The molecule has 5 heteroatoms. The van der Waals surface area contributed by atoms with E-state index in [1.807, 2.05) is 16.8 Å². The minimum atomic E-state index is -4.69. The Bertz CT molecular complexity index is 544. The van der Waals surface area contributed by atoms with Crippen LogP contribution in [0.15, 0.2) is 41.6 Å². The third-order valence-corrected chi connectivity index (χ3v) is 2.99. The van der Waals surface area contributed by atoms with Crippen LogP contribution < -0.4 is 4.74 Å². The first-order chi connectivity index (χ1) is 8.49. The standard InChI is InChI=1S/C13H9F3OS/c1-2-9-7-10(11-5-6-18-8-11)3-4-12(9)17-13(14,15)16/h2-8H,1H2. The molecule has 0 amide bonds. The van der Waals surface area contributed by atoms with Crippen LogP contribution in [0.4, 0.5) is 13.2 Å². The maximum atomic E-state index is 12.2. The van der Waals surface area contributed by atoms with Gasteiger partial charge in [-0.15, -0.1) is 13.2 Å². The van der Waals surface area contributed by atoms with Crippen molar-refractivity contribution in [3.8, 4) is 16.9 Å².